The molecule has 0 aliphatic rings. The van der Waals surface area contributed by atoms with E-state index in [-0.39, 0.29) is 10.7 Å². The summed E-state index contributed by atoms with van der Waals surface area (Å²) in [6.07, 6.45) is -10.0. The van der Waals surface area contributed by atoms with Crippen LogP contribution in [0.1, 0.15) is 22.4 Å². The number of aromatic nitrogens is 2. The summed E-state index contributed by atoms with van der Waals surface area (Å²) < 4.78 is 77.5. The van der Waals surface area contributed by atoms with Crippen LogP contribution in [0, 0.1) is 0 Å². The fourth-order valence-corrected chi connectivity index (χ4v) is 2.51. The van der Waals surface area contributed by atoms with Crippen molar-refractivity contribution >= 4 is 23.4 Å². The zero-order valence-corrected chi connectivity index (χ0v) is 15.8. The first-order chi connectivity index (χ1) is 13.7. The topological polar surface area (TPSA) is 109 Å². The molecule has 0 radical (unpaired) electrons. The van der Waals surface area contributed by atoms with Gasteiger partial charge in [0.15, 0.2) is 11.5 Å². The molecule has 0 spiro atoms. The quantitative estimate of drug-likeness (QED) is 0.236. The van der Waals surface area contributed by atoms with Gasteiger partial charge in [0.2, 0.25) is 0 Å². The van der Waals surface area contributed by atoms with Crippen LogP contribution in [0.15, 0.2) is 29.4 Å². The Bertz CT molecular complexity index is 953. The Balaban J connectivity index is 2.10. The second kappa shape index (κ2) is 8.52. The highest BCUT2D eigenvalue weighted by molar-refractivity contribution is 6.30. The Morgan fingerprint density at radius 3 is 2.27 bits per heavy atom. The summed E-state index contributed by atoms with van der Waals surface area (Å²) in [5.74, 6) is -1.68. The number of benzene rings is 1. The van der Waals surface area contributed by atoms with Crippen LogP contribution in [-0.4, -0.2) is 27.6 Å². The highest BCUT2D eigenvalue weighted by Gasteiger charge is 2.39. The molecular weight excluding hydrogens is 444 g/mol. The summed E-state index contributed by atoms with van der Waals surface area (Å²) in [6, 6.07) is 1.89. The summed E-state index contributed by atoms with van der Waals surface area (Å²) in [5, 5.41) is 6.15. The lowest BCUT2D eigenvalue weighted by molar-refractivity contribution is -0.146. The smallest absolute Gasteiger partial charge is 0.380 e. The lowest BCUT2D eigenvalue weighted by atomic mass is 10.1. The number of oxime groups is 1. The van der Waals surface area contributed by atoms with Crippen LogP contribution in [0.25, 0.3) is 0 Å². The van der Waals surface area contributed by atoms with Gasteiger partial charge < -0.3 is 16.3 Å². The minimum absolute atomic E-state index is 0.0130. The number of rotatable bonds is 5. The molecule has 30 heavy (non-hydrogen) atoms. The summed E-state index contributed by atoms with van der Waals surface area (Å²) in [5.41, 5.74) is 8.38. The van der Waals surface area contributed by atoms with Crippen molar-refractivity contribution in [1.29, 1.82) is 0 Å². The molecule has 164 valence electrons. The molecule has 1 atom stereocenters. The van der Waals surface area contributed by atoms with Crippen molar-refractivity contribution in [3.05, 3.63) is 51.8 Å². The van der Waals surface area contributed by atoms with Gasteiger partial charge in [0.25, 0.3) is 0 Å². The largest absolute Gasteiger partial charge is 0.435 e. The fraction of sp³-hybridized carbons (Fsp3) is 0.312. The van der Waals surface area contributed by atoms with Gasteiger partial charge in [0.1, 0.15) is 11.2 Å². The van der Waals surface area contributed by atoms with Crippen molar-refractivity contribution < 1.29 is 36.0 Å². The average molecular weight is 458 g/mol. The molecule has 0 saturated heterocycles. The lowest BCUT2D eigenvalue weighted by Crippen LogP contribution is -2.34. The molecule has 0 saturated carbocycles. The maximum atomic E-state index is 13.0. The minimum Gasteiger partial charge on any atom is -0.380 e. The molecule has 2 aromatic rings. The average Bonchev–Trinajstić information content (AvgIpc) is 2.93. The summed E-state index contributed by atoms with van der Waals surface area (Å²) in [7, 11) is 1.18. The second-order valence-electron chi connectivity index (χ2n) is 6.01. The van der Waals surface area contributed by atoms with Gasteiger partial charge in [-0.05, 0) is 12.1 Å². The van der Waals surface area contributed by atoms with Gasteiger partial charge in [0.05, 0.1) is 5.56 Å². The number of nitrogens with two attached hydrogens (primary N) is 2. The third-order valence-corrected chi connectivity index (χ3v) is 4.28. The van der Waals surface area contributed by atoms with Gasteiger partial charge in [0, 0.05) is 24.6 Å². The zero-order chi connectivity index (χ0) is 22.9. The molecule has 0 aliphatic heterocycles. The number of aryl methyl sites for hydroxylation is 1. The molecule has 14 heteroatoms. The van der Waals surface area contributed by atoms with Gasteiger partial charge in [-0.15, -0.1) is 0 Å². The van der Waals surface area contributed by atoms with E-state index in [0.29, 0.717) is 0 Å². The Morgan fingerprint density at radius 1 is 1.20 bits per heavy atom. The molecular formula is C16H14ClF6N5O2. The molecule has 4 N–H and O–H groups in total. The number of carbonyl (C=O) groups is 1. The van der Waals surface area contributed by atoms with E-state index in [9.17, 15) is 31.1 Å². The van der Waals surface area contributed by atoms with E-state index in [1.165, 1.54) is 7.05 Å². The molecule has 0 unspecified atom stereocenters. The Labute approximate surface area is 170 Å². The number of hydrogen-bond acceptors (Lipinski definition) is 5. The third-order valence-electron chi connectivity index (χ3n) is 3.81. The van der Waals surface area contributed by atoms with Crippen molar-refractivity contribution in [1.82, 2.24) is 9.78 Å². The maximum Gasteiger partial charge on any atom is 0.435 e. The van der Waals surface area contributed by atoms with Gasteiger partial charge in [-0.2, -0.15) is 31.4 Å². The van der Waals surface area contributed by atoms with E-state index in [1.807, 2.05) is 0 Å². The molecule has 0 aliphatic carbocycles. The molecule has 0 amide bonds. The van der Waals surface area contributed by atoms with Crippen LogP contribution in [0.4, 0.5) is 26.3 Å². The van der Waals surface area contributed by atoms with Gasteiger partial charge in [-0.1, -0.05) is 28.9 Å². The molecule has 1 aromatic heterocycles. The summed E-state index contributed by atoms with van der Waals surface area (Å²) >= 11 is 5.79. The highest BCUT2D eigenvalue weighted by atomic mass is 35.5. The van der Waals surface area contributed by atoms with E-state index < -0.39 is 53.4 Å². The molecule has 7 nitrogen and oxygen atoms in total. The van der Waals surface area contributed by atoms with Crippen LogP contribution < -0.4 is 11.5 Å². The van der Waals surface area contributed by atoms with Crippen molar-refractivity contribution in [2.75, 3.05) is 0 Å². The SMILES string of the molecule is Cn1nc(C(F)(F)F)c(C[C@H](N)C(=O)O/N=C(\N)c2ccc(C(F)(F)F)cc2)c1Cl. The number of carbonyl (C=O) groups excluding carboxylic acids is 1. The van der Waals surface area contributed by atoms with E-state index in [2.05, 4.69) is 15.1 Å². The van der Waals surface area contributed by atoms with Gasteiger partial charge in [-0.3, -0.25) is 4.68 Å². The lowest BCUT2D eigenvalue weighted by Gasteiger charge is -2.11. The third kappa shape index (κ3) is 5.42. The van der Waals surface area contributed by atoms with Crippen LogP contribution >= 0.6 is 11.6 Å². The number of alkyl halides is 6. The molecule has 1 aromatic carbocycles. The molecule has 1 heterocycles. The molecule has 0 fully saturated rings. The van der Waals surface area contributed by atoms with Gasteiger partial charge in [-0.25, -0.2) is 4.79 Å². The number of amidine groups is 1. The van der Waals surface area contributed by atoms with Gasteiger partial charge >= 0.3 is 18.3 Å². The van der Waals surface area contributed by atoms with Crippen molar-refractivity contribution in [3.8, 4) is 0 Å². The standard InChI is InChI=1S/C16H14ClF6N5O2/c1-28-12(17)9(11(26-28)16(21,22)23)6-10(24)14(29)30-27-13(25)7-2-4-8(5-3-7)15(18,19)20/h2-5,10H,6,24H2,1H3,(H2,25,27)/t10-/m0/s1. The second-order valence-corrected chi connectivity index (χ2v) is 6.37. The summed E-state index contributed by atoms with van der Waals surface area (Å²) in [4.78, 5) is 16.4. The minimum atomic E-state index is -4.82. The first-order valence-corrected chi connectivity index (χ1v) is 8.35. The van der Waals surface area contributed by atoms with Crippen LogP contribution in [0.2, 0.25) is 5.15 Å². The van der Waals surface area contributed by atoms with Crippen molar-refractivity contribution in [2.24, 2.45) is 23.7 Å². The summed E-state index contributed by atoms with van der Waals surface area (Å²) in [6.45, 7) is 0. The first-order valence-electron chi connectivity index (χ1n) is 7.98. The monoisotopic (exact) mass is 457 g/mol. The maximum absolute atomic E-state index is 13.0. The predicted molar refractivity (Wildman–Crippen MR) is 93.2 cm³/mol. The van der Waals surface area contributed by atoms with E-state index in [4.69, 9.17) is 23.1 Å². The normalized spacial score (nSPS) is 14.0. The Kier molecular flexibility index (Phi) is 6.67. The van der Waals surface area contributed by atoms with Crippen LogP contribution in [-0.2, 0) is 35.5 Å². The number of hydrogen-bond donors (Lipinski definition) is 2. The molecule has 2 rings (SSSR count). The fourth-order valence-electron chi connectivity index (χ4n) is 2.30. The number of nitrogens with zero attached hydrogens (tertiary/aromatic N) is 3. The Hall–Kier alpha value is -2.80. The van der Waals surface area contributed by atoms with E-state index >= 15 is 0 Å². The highest BCUT2D eigenvalue weighted by Crippen LogP contribution is 2.34. The van der Waals surface area contributed by atoms with E-state index in [0.717, 1.165) is 28.9 Å². The number of halogens is 7. The molecule has 0 bridgehead atoms. The van der Waals surface area contributed by atoms with Crippen molar-refractivity contribution in [3.63, 3.8) is 0 Å². The van der Waals surface area contributed by atoms with E-state index in [1.54, 1.807) is 0 Å². The first kappa shape index (κ1) is 23.5. The van der Waals surface area contributed by atoms with Crippen molar-refractivity contribution in [2.45, 2.75) is 24.8 Å². The Morgan fingerprint density at radius 2 is 1.77 bits per heavy atom. The predicted octanol–water partition coefficient (Wildman–Crippen LogP) is 2.84. The van der Waals surface area contributed by atoms with Crippen LogP contribution in [0.5, 0.6) is 0 Å². The zero-order valence-electron chi connectivity index (χ0n) is 15.1. The van der Waals surface area contributed by atoms with Crippen LogP contribution in [0.3, 0.4) is 0 Å².